The molecule has 0 saturated carbocycles. The van der Waals surface area contributed by atoms with Crippen molar-refractivity contribution in [1.29, 1.82) is 0 Å². The Kier molecular flexibility index (Phi) is 8.93. The second kappa shape index (κ2) is 11.9. The van der Waals surface area contributed by atoms with E-state index in [9.17, 15) is 4.79 Å². The van der Waals surface area contributed by atoms with Crippen LogP contribution in [0.15, 0.2) is 35.5 Å². The molecule has 5 rings (SSSR count). The molecule has 1 amide bonds. The van der Waals surface area contributed by atoms with Crippen molar-refractivity contribution >= 4 is 24.0 Å². The average Bonchev–Trinajstić information content (AvgIpc) is 2.93. The van der Waals surface area contributed by atoms with Crippen LogP contribution in [0, 0.1) is 11.8 Å². The number of methoxy groups -OCH3 is 2. The summed E-state index contributed by atoms with van der Waals surface area (Å²) in [4.78, 5) is 18.7. The number of halogens is 1. The lowest BCUT2D eigenvalue weighted by Gasteiger charge is -2.45. The summed E-state index contributed by atoms with van der Waals surface area (Å²) in [5, 5.41) is 6.89. The first-order valence-electron chi connectivity index (χ1n) is 13.0. The van der Waals surface area contributed by atoms with Gasteiger partial charge < -0.3 is 14.2 Å². The van der Waals surface area contributed by atoms with Gasteiger partial charge in [-0.15, -0.1) is 12.4 Å². The number of hydrazone groups is 1. The normalized spacial score (nSPS) is 26.6. The van der Waals surface area contributed by atoms with Gasteiger partial charge in [-0.3, -0.25) is 14.6 Å². The monoisotopic (exact) mass is 518 g/mol. The maximum Gasteiger partial charge on any atom is 0.247 e. The predicted molar refractivity (Wildman–Crippen MR) is 142 cm³/mol. The van der Waals surface area contributed by atoms with Gasteiger partial charge in [0.15, 0.2) is 11.5 Å². The van der Waals surface area contributed by atoms with Gasteiger partial charge in [-0.25, -0.2) is 5.01 Å². The molecular formula is C27H39ClN4O4. The molecule has 198 valence electrons. The maximum atomic E-state index is 13.6. The van der Waals surface area contributed by atoms with Crippen LogP contribution in [0.4, 0.5) is 0 Å². The Morgan fingerprint density at radius 1 is 0.944 bits per heavy atom. The first-order valence-corrected chi connectivity index (χ1v) is 13.0. The van der Waals surface area contributed by atoms with Gasteiger partial charge in [0.25, 0.3) is 0 Å². The topological polar surface area (TPSA) is 66.8 Å². The van der Waals surface area contributed by atoms with Gasteiger partial charge in [-0.1, -0.05) is 12.2 Å². The van der Waals surface area contributed by atoms with Crippen molar-refractivity contribution in [1.82, 2.24) is 14.8 Å². The van der Waals surface area contributed by atoms with Gasteiger partial charge in [0.05, 0.1) is 51.3 Å². The third kappa shape index (κ3) is 5.28. The van der Waals surface area contributed by atoms with Crippen LogP contribution >= 0.6 is 12.4 Å². The highest BCUT2D eigenvalue weighted by Crippen LogP contribution is 2.38. The van der Waals surface area contributed by atoms with Crippen molar-refractivity contribution in [3.8, 4) is 11.5 Å². The summed E-state index contributed by atoms with van der Waals surface area (Å²) in [6.45, 7) is 7.85. The van der Waals surface area contributed by atoms with E-state index < -0.39 is 0 Å². The molecule has 0 bridgehead atoms. The summed E-state index contributed by atoms with van der Waals surface area (Å²) in [6.07, 6.45) is 8.24. The summed E-state index contributed by atoms with van der Waals surface area (Å²) in [5.74, 6) is 1.62. The lowest BCUT2D eigenvalue weighted by Crippen LogP contribution is -2.56. The number of rotatable bonds is 6. The zero-order chi connectivity index (χ0) is 24.4. The Bertz CT molecular complexity index is 973. The van der Waals surface area contributed by atoms with Crippen LogP contribution in [0.1, 0.15) is 38.2 Å². The van der Waals surface area contributed by atoms with Crippen molar-refractivity contribution in [2.45, 2.75) is 44.8 Å². The molecule has 1 aromatic carbocycles. The predicted octanol–water partition coefficient (Wildman–Crippen LogP) is 3.40. The third-order valence-corrected chi connectivity index (χ3v) is 8.17. The van der Waals surface area contributed by atoms with Crippen LogP contribution in [-0.4, -0.2) is 92.2 Å². The summed E-state index contributed by atoms with van der Waals surface area (Å²) < 4.78 is 16.5. The van der Waals surface area contributed by atoms with Gasteiger partial charge in [0, 0.05) is 37.7 Å². The fraction of sp³-hybridized carbons (Fsp3) is 0.630. The highest BCUT2D eigenvalue weighted by Gasteiger charge is 2.43. The van der Waals surface area contributed by atoms with Crippen LogP contribution in [0.5, 0.6) is 11.5 Å². The number of hydrogen-bond acceptors (Lipinski definition) is 7. The number of benzene rings is 1. The van der Waals surface area contributed by atoms with E-state index in [2.05, 4.69) is 28.9 Å². The molecule has 0 aromatic heterocycles. The van der Waals surface area contributed by atoms with E-state index >= 15 is 0 Å². The minimum Gasteiger partial charge on any atom is -0.493 e. The Morgan fingerprint density at radius 3 is 2.25 bits per heavy atom. The molecule has 8 nitrogen and oxygen atoms in total. The molecular weight excluding hydrogens is 480 g/mol. The molecule has 3 heterocycles. The zero-order valence-corrected chi connectivity index (χ0v) is 22.4. The Balaban J connectivity index is 0.00000304. The standard InChI is InChI=1S/C27H38N4O4.ClH/c1-19(30-14-16-35-17-15-30)29-12-10-21(11-13-29)31-27(32)23-7-5-4-6-22(23)26(28-31)20-8-9-24(33-2)25(18-20)34-3;/h4-5,8-9,18-19,21-23H,6-7,10-17H2,1-3H3;1H. The number of allylic oxidation sites excluding steroid dienone is 2. The summed E-state index contributed by atoms with van der Waals surface area (Å²) in [7, 11) is 3.29. The van der Waals surface area contributed by atoms with Gasteiger partial charge in [-0.2, -0.15) is 5.10 Å². The highest BCUT2D eigenvalue weighted by molar-refractivity contribution is 6.07. The Hall–Kier alpha value is -2.13. The van der Waals surface area contributed by atoms with E-state index in [0.29, 0.717) is 17.7 Å². The zero-order valence-electron chi connectivity index (χ0n) is 21.6. The molecule has 2 saturated heterocycles. The number of carbonyl (C=O) groups excluding carboxylic acids is 1. The van der Waals surface area contributed by atoms with Crippen LogP contribution in [-0.2, 0) is 9.53 Å². The lowest BCUT2D eigenvalue weighted by molar-refractivity contribution is -0.142. The van der Waals surface area contributed by atoms with E-state index in [1.807, 2.05) is 23.2 Å². The quantitative estimate of drug-likeness (QED) is 0.538. The minimum atomic E-state index is -0.0501. The lowest BCUT2D eigenvalue weighted by atomic mass is 9.76. The first kappa shape index (κ1) is 26.9. The van der Waals surface area contributed by atoms with Gasteiger partial charge in [0.2, 0.25) is 5.91 Å². The maximum absolute atomic E-state index is 13.6. The number of piperidine rings is 1. The van der Waals surface area contributed by atoms with E-state index in [-0.39, 0.29) is 36.2 Å². The molecule has 0 radical (unpaired) electrons. The summed E-state index contributed by atoms with van der Waals surface area (Å²) in [5.41, 5.74) is 1.99. The number of likely N-dealkylation sites (tertiary alicyclic amines) is 1. The molecule has 1 aliphatic carbocycles. The summed E-state index contributed by atoms with van der Waals surface area (Å²) in [6, 6.07) is 6.10. The van der Waals surface area contributed by atoms with E-state index in [0.717, 1.165) is 76.4 Å². The Morgan fingerprint density at radius 2 is 1.58 bits per heavy atom. The SMILES string of the molecule is COc1ccc(C2=NN(C3CCN(C(C)N4CCOCC4)CC3)C(=O)C3CC=CCC23)cc1OC.Cl. The average molecular weight is 519 g/mol. The molecule has 4 aliphatic rings. The number of hydrogen-bond donors (Lipinski definition) is 0. The number of carbonyl (C=O) groups is 1. The number of fused-ring (bicyclic) bond motifs is 1. The van der Waals surface area contributed by atoms with Gasteiger partial charge in [0.1, 0.15) is 0 Å². The fourth-order valence-corrected chi connectivity index (χ4v) is 6.01. The minimum absolute atomic E-state index is 0. The second-order valence-corrected chi connectivity index (χ2v) is 9.94. The number of ether oxygens (including phenoxy) is 3. The third-order valence-electron chi connectivity index (χ3n) is 8.17. The van der Waals surface area contributed by atoms with Gasteiger partial charge >= 0.3 is 0 Å². The smallest absolute Gasteiger partial charge is 0.247 e. The highest BCUT2D eigenvalue weighted by atomic mass is 35.5. The van der Waals surface area contributed by atoms with Gasteiger partial charge in [-0.05, 0) is 50.8 Å². The molecule has 3 aliphatic heterocycles. The molecule has 36 heavy (non-hydrogen) atoms. The van der Waals surface area contributed by atoms with E-state index in [4.69, 9.17) is 19.3 Å². The van der Waals surface area contributed by atoms with E-state index in [1.54, 1.807) is 14.2 Å². The van der Waals surface area contributed by atoms with Crippen molar-refractivity contribution in [3.05, 3.63) is 35.9 Å². The Labute approximate surface area is 220 Å². The second-order valence-electron chi connectivity index (χ2n) is 9.94. The van der Waals surface area contributed by atoms with Crippen LogP contribution in [0.2, 0.25) is 0 Å². The fourth-order valence-electron chi connectivity index (χ4n) is 6.01. The van der Waals surface area contributed by atoms with E-state index in [1.165, 1.54) is 0 Å². The number of amides is 1. The van der Waals surface area contributed by atoms with Crippen molar-refractivity contribution < 1.29 is 19.0 Å². The molecule has 3 atom stereocenters. The first-order chi connectivity index (χ1) is 17.1. The molecule has 3 unspecified atom stereocenters. The molecule has 0 N–H and O–H groups in total. The summed E-state index contributed by atoms with van der Waals surface area (Å²) >= 11 is 0. The molecule has 2 fully saturated rings. The van der Waals surface area contributed by atoms with Crippen molar-refractivity contribution in [2.75, 3.05) is 53.6 Å². The largest absolute Gasteiger partial charge is 0.493 e. The van der Waals surface area contributed by atoms with Crippen molar-refractivity contribution in [2.24, 2.45) is 16.9 Å². The van der Waals surface area contributed by atoms with Crippen molar-refractivity contribution in [3.63, 3.8) is 0 Å². The van der Waals surface area contributed by atoms with Crippen LogP contribution in [0.25, 0.3) is 0 Å². The number of nitrogens with zero attached hydrogens (tertiary/aromatic N) is 4. The molecule has 0 spiro atoms. The van der Waals surface area contributed by atoms with Crippen LogP contribution in [0.3, 0.4) is 0 Å². The number of morpholine rings is 1. The molecule has 1 aromatic rings. The molecule has 9 heteroatoms. The van der Waals surface area contributed by atoms with Crippen LogP contribution < -0.4 is 9.47 Å².